The first-order valence-electron chi connectivity index (χ1n) is 6.04. The molecule has 1 rings (SSSR count). The zero-order valence-corrected chi connectivity index (χ0v) is 12.8. The molecule has 0 saturated carbocycles. The summed E-state index contributed by atoms with van der Waals surface area (Å²) in [6, 6.07) is 6.72. The summed E-state index contributed by atoms with van der Waals surface area (Å²) in [5.41, 5.74) is 0.703. The minimum Gasteiger partial charge on any atom is -0.480 e. The molecule has 1 aromatic carbocycles. The van der Waals surface area contributed by atoms with Crippen LogP contribution in [-0.2, 0) is 9.59 Å². The van der Waals surface area contributed by atoms with Crippen LogP contribution in [-0.4, -0.2) is 29.6 Å². The lowest BCUT2D eigenvalue weighted by Crippen LogP contribution is -2.41. The maximum atomic E-state index is 11.7. The Hall–Kier alpha value is -1.15. The number of amides is 1. The molecule has 0 aliphatic rings. The van der Waals surface area contributed by atoms with Gasteiger partial charge in [0.1, 0.15) is 6.04 Å². The van der Waals surface area contributed by atoms with Gasteiger partial charge in [0, 0.05) is 9.26 Å². The van der Waals surface area contributed by atoms with E-state index in [1.54, 1.807) is 12.1 Å². The van der Waals surface area contributed by atoms with Crippen molar-refractivity contribution in [2.24, 2.45) is 0 Å². The van der Waals surface area contributed by atoms with Gasteiger partial charge in [-0.2, -0.15) is 0 Å². The molecule has 1 amide bonds. The molecule has 0 heterocycles. The molecule has 1 aromatic rings. The number of aliphatic carboxylic acids is 1. The molecule has 19 heavy (non-hydrogen) atoms. The van der Waals surface area contributed by atoms with Gasteiger partial charge in [-0.1, -0.05) is 13.3 Å². The van der Waals surface area contributed by atoms with Gasteiger partial charge in [0.15, 0.2) is 0 Å². The number of anilines is 1. The van der Waals surface area contributed by atoms with E-state index >= 15 is 0 Å². The van der Waals surface area contributed by atoms with Crippen molar-refractivity contribution in [2.45, 2.75) is 25.8 Å². The maximum absolute atomic E-state index is 11.7. The molecule has 3 N–H and O–H groups in total. The zero-order valence-electron chi connectivity index (χ0n) is 10.6. The Morgan fingerprint density at radius 3 is 2.47 bits per heavy atom. The molecule has 0 spiro atoms. The molecule has 0 fully saturated rings. The lowest BCUT2D eigenvalue weighted by molar-refractivity contribution is -0.139. The average molecular weight is 376 g/mol. The highest BCUT2D eigenvalue weighted by Gasteiger charge is 2.16. The van der Waals surface area contributed by atoms with Gasteiger partial charge >= 0.3 is 5.97 Å². The first kappa shape index (κ1) is 15.9. The first-order valence-corrected chi connectivity index (χ1v) is 7.12. The molecule has 5 nitrogen and oxygen atoms in total. The van der Waals surface area contributed by atoms with Crippen molar-refractivity contribution in [1.29, 1.82) is 0 Å². The maximum Gasteiger partial charge on any atom is 0.320 e. The number of carboxylic acids is 1. The van der Waals surface area contributed by atoms with Crippen LogP contribution in [0.3, 0.4) is 0 Å². The van der Waals surface area contributed by atoms with E-state index in [2.05, 4.69) is 33.2 Å². The number of benzene rings is 1. The van der Waals surface area contributed by atoms with Crippen molar-refractivity contribution in [2.75, 3.05) is 11.9 Å². The Balaban J connectivity index is 2.42. The molecular weight excluding hydrogens is 359 g/mol. The number of carbonyl (C=O) groups excluding carboxylic acids is 1. The van der Waals surface area contributed by atoms with Crippen molar-refractivity contribution in [3.8, 4) is 0 Å². The van der Waals surface area contributed by atoms with Crippen molar-refractivity contribution < 1.29 is 14.7 Å². The van der Waals surface area contributed by atoms with Crippen LogP contribution in [0.15, 0.2) is 24.3 Å². The molecule has 0 radical (unpaired) electrons. The number of halogens is 1. The minimum absolute atomic E-state index is 0.0110. The van der Waals surface area contributed by atoms with Crippen molar-refractivity contribution in [3.05, 3.63) is 27.8 Å². The van der Waals surface area contributed by atoms with Crippen LogP contribution in [0.1, 0.15) is 19.8 Å². The average Bonchev–Trinajstić information content (AvgIpc) is 2.37. The monoisotopic (exact) mass is 376 g/mol. The number of carbonyl (C=O) groups is 2. The summed E-state index contributed by atoms with van der Waals surface area (Å²) >= 11 is 2.18. The van der Waals surface area contributed by atoms with Crippen LogP contribution in [0.25, 0.3) is 0 Å². The molecule has 104 valence electrons. The van der Waals surface area contributed by atoms with Gasteiger partial charge in [0.05, 0.1) is 6.54 Å². The fourth-order valence-electron chi connectivity index (χ4n) is 1.56. The molecule has 6 heteroatoms. The molecule has 1 atom stereocenters. The van der Waals surface area contributed by atoms with E-state index in [9.17, 15) is 9.59 Å². The predicted molar refractivity (Wildman–Crippen MR) is 82.1 cm³/mol. The molecule has 1 unspecified atom stereocenters. The molecule has 0 aliphatic heterocycles. The number of carboxylic acid groups (broad SMARTS) is 1. The van der Waals surface area contributed by atoms with E-state index in [0.29, 0.717) is 12.1 Å². The van der Waals surface area contributed by atoms with Crippen molar-refractivity contribution >= 4 is 40.2 Å². The van der Waals surface area contributed by atoms with E-state index in [0.717, 1.165) is 9.99 Å². The summed E-state index contributed by atoms with van der Waals surface area (Å²) in [6.07, 6.45) is 1.26. The molecule has 0 saturated heterocycles. The minimum atomic E-state index is -0.927. The number of hydrogen-bond donors (Lipinski definition) is 3. The van der Waals surface area contributed by atoms with Gasteiger partial charge in [0.25, 0.3) is 0 Å². The van der Waals surface area contributed by atoms with Gasteiger partial charge in [-0.25, -0.2) is 0 Å². The van der Waals surface area contributed by atoms with Crippen LogP contribution in [0.4, 0.5) is 5.69 Å². The second-order valence-corrected chi connectivity index (χ2v) is 5.36. The van der Waals surface area contributed by atoms with Crippen molar-refractivity contribution in [3.63, 3.8) is 0 Å². The Bertz CT molecular complexity index is 434. The van der Waals surface area contributed by atoms with Crippen LogP contribution >= 0.6 is 22.6 Å². The lowest BCUT2D eigenvalue weighted by Gasteiger charge is -2.13. The van der Waals surface area contributed by atoms with Gasteiger partial charge in [-0.15, -0.1) is 0 Å². The summed E-state index contributed by atoms with van der Waals surface area (Å²) in [7, 11) is 0. The Kier molecular flexibility index (Phi) is 6.79. The Labute approximate surface area is 125 Å². The SMILES string of the molecule is CCCC(NCC(=O)Nc1ccc(I)cc1)C(=O)O. The highest BCUT2D eigenvalue weighted by atomic mass is 127. The fourth-order valence-corrected chi connectivity index (χ4v) is 1.92. The van der Waals surface area contributed by atoms with Crippen molar-refractivity contribution in [1.82, 2.24) is 5.32 Å². The number of hydrogen-bond acceptors (Lipinski definition) is 3. The summed E-state index contributed by atoms with van der Waals surface area (Å²) in [5.74, 6) is -1.17. The topological polar surface area (TPSA) is 78.4 Å². The largest absolute Gasteiger partial charge is 0.480 e. The number of rotatable bonds is 7. The van der Waals surface area contributed by atoms with Crippen LogP contribution in [0.2, 0.25) is 0 Å². The summed E-state index contributed by atoms with van der Waals surface area (Å²) in [4.78, 5) is 22.6. The predicted octanol–water partition coefficient (Wildman–Crippen LogP) is 2.07. The smallest absolute Gasteiger partial charge is 0.320 e. The summed E-state index contributed by atoms with van der Waals surface area (Å²) in [5, 5.41) is 14.4. The summed E-state index contributed by atoms with van der Waals surface area (Å²) in [6.45, 7) is 1.90. The molecule has 0 aromatic heterocycles. The van der Waals surface area contributed by atoms with Gasteiger partial charge in [-0.3, -0.25) is 14.9 Å². The zero-order chi connectivity index (χ0) is 14.3. The number of nitrogens with one attached hydrogen (secondary N) is 2. The highest BCUT2D eigenvalue weighted by molar-refractivity contribution is 14.1. The third-order valence-corrected chi connectivity index (χ3v) is 3.23. The third-order valence-electron chi connectivity index (χ3n) is 2.51. The van der Waals surface area contributed by atoms with Gasteiger partial charge < -0.3 is 10.4 Å². The van der Waals surface area contributed by atoms with Gasteiger partial charge in [0.2, 0.25) is 5.91 Å². The third kappa shape index (κ3) is 6.02. The molecular formula is C13H17IN2O3. The second-order valence-electron chi connectivity index (χ2n) is 4.12. The van der Waals surface area contributed by atoms with Crippen LogP contribution < -0.4 is 10.6 Å². The molecule has 0 bridgehead atoms. The first-order chi connectivity index (χ1) is 9.02. The normalized spacial score (nSPS) is 11.9. The van der Waals surface area contributed by atoms with E-state index in [1.165, 1.54) is 0 Å². The van der Waals surface area contributed by atoms with E-state index in [-0.39, 0.29) is 12.5 Å². The quantitative estimate of drug-likeness (QED) is 0.637. The van der Waals surface area contributed by atoms with E-state index in [4.69, 9.17) is 5.11 Å². The van der Waals surface area contributed by atoms with Gasteiger partial charge in [-0.05, 0) is 53.3 Å². The fraction of sp³-hybridized carbons (Fsp3) is 0.385. The Morgan fingerprint density at radius 1 is 1.32 bits per heavy atom. The standard InChI is InChI=1S/C13H17IN2O3/c1-2-3-11(13(18)19)15-8-12(17)16-10-6-4-9(14)5-7-10/h4-7,11,15H,2-3,8H2,1H3,(H,16,17)(H,18,19). The highest BCUT2D eigenvalue weighted by Crippen LogP contribution is 2.10. The van der Waals surface area contributed by atoms with Crippen LogP contribution in [0.5, 0.6) is 0 Å². The Morgan fingerprint density at radius 2 is 1.95 bits per heavy atom. The van der Waals surface area contributed by atoms with E-state index < -0.39 is 12.0 Å². The van der Waals surface area contributed by atoms with E-state index in [1.807, 2.05) is 19.1 Å². The lowest BCUT2D eigenvalue weighted by atomic mass is 10.2. The summed E-state index contributed by atoms with van der Waals surface area (Å²) < 4.78 is 1.09. The molecule has 0 aliphatic carbocycles. The second kappa shape index (κ2) is 8.11. The van der Waals surface area contributed by atoms with Crippen LogP contribution in [0, 0.1) is 3.57 Å².